The number of carbonyl (C=O) groups is 1. The van der Waals surface area contributed by atoms with Crippen molar-refractivity contribution in [1.29, 1.82) is 0 Å². The summed E-state index contributed by atoms with van der Waals surface area (Å²) in [5, 5.41) is 17.8. The Kier molecular flexibility index (Phi) is 4.18. The number of benzene rings is 1. The zero-order chi connectivity index (χ0) is 18.1. The minimum Gasteiger partial charge on any atom is -0.383 e. The molecule has 3 heterocycles. The van der Waals surface area contributed by atoms with E-state index >= 15 is 0 Å². The molecule has 0 aliphatic carbocycles. The number of carbonyl (C=O) groups excluding carboxylic acids is 1. The van der Waals surface area contributed by atoms with Crippen molar-refractivity contribution in [2.24, 2.45) is 0 Å². The van der Waals surface area contributed by atoms with E-state index in [1.54, 1.807) is 19.5 Å². The summed E-state index contributed by atoms with van der Waals surface area (Å²) >= 11 is 0. The van der Waals surface area contributed by atoms with Crippen LogP contribution < -0.4 is 16.0 Å². The third-order valence-corrected chi connectivity index (χ3v) is 4.32. The van der Waals surface area contributed by atoms with Crippen molar-refractivity contribution in [1.82, 2.24) is 20.5 Å². The van der Waals surface area contributed by atoms with Gasteiger partial charge in [0.1, 0.15) is 5.69 Å². The summed E-state index contributed by atoms with van der Waals surface area (Å²) in [6, 6.07) is 7.74. The molecule has 0 saturated heterocycles. The SMILES string of the molecule is COCC(C)NC(=O)C1Nc2cc3[nH]nc(-c4ccncc4)c3cc2N1. The molecule has 0 bridgehead atoms. The van der Waals surface area contributed by atoms with Gasteiger partial charge in [-0.2, -0.15) is 5.10 Å². The van der Waals surface area contributed by atoms with E-state index in [9.17, 15) is 4.79 Å². The molecule has 2 unspecified atom stereocenters. The van der Waals surface area contributed by atoms with E-state index in [-0.39, 0.29) is 11.9 Å². The largest absolute Gasteiger partial charge is 0.383 e. The fourth-order valence-electron chi connectivity index (χ4n) is 3.13. The second-order valence-electron chi connectivity index (χ2n) is 6.34. The third-order valence-electron chi connectivity index (χ3n) is 4.32. The van der Waals surface area contributed by atoms with Gasteiger partial charge in [-0.05, 0) is 31.2 Å². The summed E-state index contributed by atoms with van der Waals surface area (Å²) in [4.78, 5) is 16.4. The maximum atomic E-state index is 12.4. The average molecular weight is 352 g/mol. The lowest BCUT2D eigenvalue weighted by Gasteiger charge is -2.17. The second kappa shape index (κ2) is 6.64. The number of hydrogen-bond acceptors (Lipinski definition) is 6. The molecule has 26 heavy (non-hydrogen) atoms. The molecule has 4 rings (SSSR count). The first kappa shape index (κ1) is 16.3. The number of rotatable bonds is 5. The van der Waals surface area contributed by atoms with Crippen LogP contribution in [0.25, 0.3) is 22.2 Å². The summed E-state index contributed by atoms with van der Waals surface area (Å²) in [6.45, 7) is 2.37. The predicted octanol–water partition coefficient (Wildman–Crippen LogP) is 1.94. The van der Waals surface area contributed by atoms with Crippen LogP contribution in [0.2, 0.25) is 0 Å². The lowest BCUT2D eigenvalue weighted by molar-refractivity contribution is -0.122. The van der Waals surface area contributed by atoms with Gasteiger partial charge in [0.05, 0.1) is 23.5 Å². The molecule has 3 aromatic rings. The lowest BCUT2D eigenvalue weighted by atomic mass is 10.1. The zero-order valence-corrected chi connectivity index (χ0v) is 14.5. The van der Waals surface area contributed by atoms with Crippen LogP contribution in [0.3, 0.4) is 0 Å². The number of aromatic amines is 1. The van der Waals surface area contributed by atoms with Gasteiger partial charge in [-0.3, -0.25) is 14.9 Å². The Balaban J connectivity index is 1.58. The van der Waals surface area contributed by atoms with E-state index in [1.165, 1.54) is 0 Å². The van der Waals surface area contributed by atoms with Gasteiger partial charge in [0.25, 0.3) is 5.91 Å². The monoisotopic (exact) mass is 352 g/mol. The van der Waals surface area contributed by atoms with Crippen molar-refractivity contribution in [2.45, 2.75) is 19.1 Å². The molecule has 8 heteroatoms. The highest BCUT2D eigenvalue weighted by molar-refractivity contribution is 6.02. The molecule has 8 nitrogen and oxygen atoms in total. The van der Waals surface area contributed by atoms with Crippen molar-refractivity contribution in [2.75, 3.05) is 24.4 Å². The Morgan fingerprint density at radius 2 is 2.00 bits per heavy atom. The normalized spacial score (nSPS) is 16.6. The number of amides is 1. The van der Waals surface area contributed by atoms with Gasteiger partial charge in [0.15, 0.2) is 6.17 Å². The first-order chi connectivity index (χ1) is 12.7. The second-order valence-corrected chi connectivity index (χ2v) is 6.34. The molecule has 1 aliphatic rings. The van der Waals surface area contributed by atoms with E-state index in [1.807, 2.05) is 31.2 Å². The first-order valence-corrected chi connectivity index (χ1v) is 8.40. The number of methoxy groups -OCH3 is 1. The van der Waals surface area contributed by atoms with E-state index < -0.39 is 6.17 Å². The van der Waals surface area contributed by atoms with Gasteiger partial charge < -0.3 is 20.7 Å². The Morgan fingerprint density at radius 1 is 1.27 bits per heavy atom. The fraction of sp³-hybridized carbons (Fsp3) is 0.278. The Hall–Kier alpha value is -3.13. The lowest BCUT2D eigenvalue weighted by Crippen LogP contribution is -2.46. The summed E-state index contributed by atoms with van der Waals surface area (Å²) < 4.78 is 5.05. The highest BCUT2D eigenvalue weighted by Crippen LogP contribution is 2.36. The predicted molar refractivity (Wildman–Crippen MR) is 99.8 cm³/mol. The molecule has 2 atom stereocenters. The Morgan fingerprint density at radius 3 is 2.73 bits per heavy atom. The number of H-pyrrole nitrogens is 1. The molecule has 0 saturated carbocycles. The van der Waals surface area contributed by atoms with Crippen molar-refractivity contribution in [3.63, 3.8) is 0 Å². The molecule has 0 spiro atoms. The first-order valence-electron chi connectivity index (χ1n) is 8.40. The van der Waals surface area contributed by atoms with Gasteiger partial charge in [-0.15, -0.1) is 0 Å². The van der Waals surface area contributed by atoms with Crippen molar-refractivity contribution in [3.05, 3.63) is 36.7 Å². The molecular weight excluding hydrogens is 332 g/mol. The van der Waals surface area contributed by atoms with Crippen LogP contribution in [0.4, 0.5) is 11.4 Å². The van der Waals surface area contributed by atoms with Crippen molar-refractivity contribution >= 4 is 28.2 Å². The zero-order valence-electron chi connectivity index (χ0n) is 14.5. The number of pyridine rings is 1. The van der Waals surface area contributed by atoms with Crippen LogP contribution in [0.1, 0.15) is 6.92 Å². The van der Waals surface area contributed by atoms with E-state index in [0.29, 0.717) is 6.61 Å². The molecule has 0 radical (unpaired) electrons. The number of nitrogens with zero attached hydrogens (tertiary/aromatic N) is 2. The minimum atomic E-state index is -0.520. The Labute approximate surface area is 150 Å². The number of nitrogens with one attached hydrogen (secondary N) is 4. The quantitative estimate of drug-likeness (QED) is 0.559. The van der Waals surface area contributed by atoms with Gasteiger partial charge in [0, 0.05) is 36.5 Å². The molecule has 1 aromatic carbocycles. The maximum Gasteiger partial charge on any atom is 0.263 e. The van der Waals surface area contributed by atoms with Gasteiger partial charge >= 0.3 is 0 Å². The summed E-state index contributed by atoms with van der Waals surface area (Å²) in [5.74, 6) is -0.123. The van der Waals surface area contributed by atoms with Crippen LogP contribution in [-0.2, 0) is 9.53 Å². The molecule has 1 amide bonds. The average Bonchev–Trinajstić information content (AvgIpc) is 3.23. The molecule has 134 valence electrons. The number of ether oxygens (including phenoxy) is 1. The van der Waals surface area contributed by atoms with Crippen LogP contribution in [0.15, 0.2) is 36.7 Å². The van der Waals surface area contributed by atoms with Crippen LogP contribution in [-0.4, -0.2) is 47.0 Å². The van der Waals surface area contributed by atoms with E-state index in [0.717, 1.165) is 33.5 Å². The van der Waals surface area contributed by atoms with E-state index in [4.69, 9.17) is 4.74 Å². The highest BCUT2D eigenvalue weighted by atomic mass is 16.5. The summed E-state index contributed by atoms with van der Waals surface area (Å²) in [5.41, 5.74) is 4.47. The summed E-state index contributed by atoms with van der Waals surface area (Å²) in [7, 11) is 1.61. The number of aromatic nitrogens is 3. The molecule has 1 aliphatic heterocycles. The smallest absolute Gasteiger partial charge is 0.263 e. The third kappa shape index (κ3) is 2.95. The topological polar surface area (TPSA) is 104 Å². The van der Waals surface area contributed by atoms with Gasteiger partial charge in [-0.25, -0.2) is 0 Å². The molecule has 2 aromatic heterocycles. The highest BCUT2D eigenvalue weighted by Gasteiger charge is 2.27. The molecule has 0 fully saturated rings. The van der Waals surface area contributed by atoms with Crippen LogP contribution >= 0.6 is 0 Å². The number of hydrogen-bond donors (Lipinski definition) is 4. The van der Waals surface area contributed by atoms with Crippen molar-refractivity contribution < 1.29 is 9.53 Å². The molecule has 4 N–H and O–H groups in total. The standard InChI is InChI=1S/C18H20N6O2/c1-10(9-26-2)20-18(25)17-21-14-7-12-13(8-15(14)22-17)23-24-16(12)11-3-5-19-6-4-11/h3-8,10,17,21-22H,9H2,1-2H3,(H,20,25)(H,23,24). The van der Waals surface area contributed by atoms with Gasteiger partial charge in [0.2, 0.25) is 0 Å². The minimum absolute atomic E-state index is 0.0584. The molecular formula is C18H20N6O2. The fourth-order valence-corrected chi connectivity index (χ4v) is 3.13. The van der Waals surface area contributed by atoms with Gasteiger partial charge in [-0.1, -0.05) is 0 Å². The van der Waals surface area contributed by atoms with Crippen LogP contribution in [0, 0.1) is 0 Å². The van der Waals surface area contributed by atoms with E-state index in [2.05, 4.69) is 31.1 Å². The number of anilines is 2. The maximum absolute atomic E-state index is 12.4. The van der Waals surface area contributed by atoms with Crippen LogP contribution in [0.5, 0.6) is 0 Å². The van der Waals surface area contributed by atoms with Crippen molar-refractivity contribution in [3.8, 4) is 11.3 Å². The Bertz CT molecular complexity index is 940. The summed E-state index contributed by atoms with van der Waals surface area (Å²) in [6.07, 6.45) is 2.96. The number of fused-ring (bicyclic) bond motifs is 2.